The molecule has 2 rings (SSSR count). The van der Waals surface area contributed by atoms with E-state index in [0.29, 0.717) is 12.0 Å². The Morgan fingerprint density at radius 2 is 1.86 bits per heavy atom. The minimum Gasteiger partial charge on any atom is -0.295 e. The lowest BCUT2D eigenvalue weighted by atomic mass is 10.2. The van der Waals surface area contributed by atoms with Gasteiger partial charge in [-0.25, -0.2) is 16.8 Å². The Bertz CT molecular complexity index is 766. The average Bonchev–Trinajstić information content (AvgIpc) is 2.79. The molecule has 1 aromatic rings. The molecule has 0 spiro atoms. The van der Waals surface area contributed by atoms with E-state index in [4.69, 9.17) is 0 Å². The van der Waals surface area contributed by atoms with Crippen molar-refractivity contribution in [1.29, 1.82) is 0 Å². The van der Waals surface area contributed by atoms with Gasteiger partial charge in [0.15, 0.2) is 15.6 Å². The summed E-state index contributed by atoms with van der Waals surface area (Å²) in [5.74, 6) is -0.253. The average molecular weight is 345 g/mol. The summed E-state index contributed by atoms with van der Waals surface area (Å²) in [7, 11) is -6.93. The van der Waals surface area contributed by atoms with Gasteiger partial charge in [-0.3, -0.25) is 4.79 Å². The van der Waals surface area contributed by atoms with Gasteiger partial charge in [0.2, 0.25) is 10.0 Å². The highest BCUT2D eigenvalue weighted by Crippen LogP contribution is 2.25. The molecular weight excluding hydrogens is 326 g/mol. The van der Waals surface area contributed by atoms with Crippen LogP contribution in [0, 0.1) is 0 Å². The predicted octanol–water partition coefficient (Wildman–Crippen LogP) is 1.09. The Morgan fingerprint density at radius 1 is 1.27 bits per heavy atom. The molecule has 0 N–H and O–H groups in total. The highest BCUT2D eigenvalue weighted by molar-refractivity contribution is 7.92. The van der Waals surface area contributed by atoms with Gasteiger partial charge in [0.05, 0.1) is 16.4 Å². The molecule has 1 aromatic carbocycles. The van der Waals surface area contributed by atoms with Crippen LogP contribution < -0.4 is 0 Å². The molecular formula is C14H19NO5S2. The van der Waals surface area contributed by atoms with Crippen LogP contribution in [0.1, 0.15) is 30.6 Å². The molecule has 1 heterocycles. The molecule has 122 valence electrons. The van der Waals surface area contributed by atoms with Crippen LogP contribution in [0.3, 0.4) is 0 Å². The third-order valence-corrected chi connectivity index (χ3v) is 7.59. The van der Waals surface area contributed by atoms with Crippen molar-refractivity contribution in [3.63, 3.8) is 0 Å². The molecule has 22 heavy (non-hydrogen) atoms. The molecule has 0 saturated carbocycles. The van der Waals surface area contributed by atoms with Crippen molar-refractivity contribution in [3.05, 3.63) is 29.8 Å². The van der Waals surface area contributed by atoms with Crippen LogP contribution in [0.25, 0.3) is 0 Å². The number of Topliss-reactive ketones (excluding diaryl/α,β-unsaturated/α-hetero) is 1. The lowest BCUT2D eigenvalue weighted by molar-refractivity contribution is 0.101. The predicted molar refractivity (Wildman–Crippen MR) is 83.1 cm³/mol. The molecule has 0 amide bonds. The highest BCUT2D eigenvalue weighted by Gasteiger charge is 2.37. The molecule has 0 bridgehead atoms. The summed E-state index contributed by atoms with van der Waals surface area (Å²) in [5, 5.41) is 0. The van der Waals surface area contributed by atoms with Crippen molar-refractivity contribution >= 4 is 25.6 Å². The standard InChI is InChI=1S/C14H19NO5S2/c1-3-15(13-8-9-21(17,18)10-13)22(19,20)14-6-4-12(5-7-14)11(2)16/h4-7,13H,3,8-10H2,1-2H3. The van der Waals surface area contributed by atoms with Crippen molar-refractivity contribution < 1.29 is 21.6 Å². The maximum absolute atomic E-state index is 12.7. The molecule has 6 nitrogen and oxygen atoms in total. The zero-order valence-electron chi connectivity index (χ0n) is 12.5. The van der Waals surface area contributed by atoms with E-state index in [1.54, 1.807) is 6.92 Å². The van der Waals surface area contributed by atoms with Gasteiger partial charge in [-0.15, -0.1) is 0 Å². The molecule has 1 fully saturated rings. The maximum Gasteiger partial charge on any atom is 0.243 e. The molecule has 1 aliphatic rings. The first-order chi connectivity index (χ1) is 10.2. The molecule has 8 heteroatoms. The summed E-state index contributed by atoms with van der Waals surface area (Å²) in [6.45, 7) is 3.30. The van der Waals surface area contributed by atoms with Gasteiger partial charge in [-0.05, 0) is 25.5 Å². The van der Waals surface area contributed by atoms with Gasteiger partial charge in [-0.2, -0.15) is 4.31 Å². The number of carbonyl (C=O) groups is 1. The van der Waals surface area contributed by atoms with Crippen molar-refractivity contribution in [1.82, 2.24) is 4.31 Å². The second-order valence-corrected chi connectivity index (χ2v) is 9.47. The molecule has 1 unspecified atom stereocenters. The third kappa shape index (κ3) is 3.39. The number of nitrogens with zero attached hydrogens (tertiary/aromatic N) is 1. The summed E-state index contributed by atoms with van der Waals surface area (Å²) >= 11 is 0. The number of carbonyl (C=O) groups excluding carboxylic acids is 1. The van der Waals surface area contributed by atoms with Crippen LogP contribution in [0.15, 0.2) is 29.2 Å². The van der Waals surface area contributed by atoms with Crippen LogP contribution >= 0.6 is 0 Å². The summed E-state index contributed by atoms with van der Waals surface area (Å²) in [4.78, 5) is 11.3. The van der Waals surface area contributed by atoms with E-state index in [2.05, 4.69) is 0 Å². The number of sulfonamides is 1. The zero-order valence-corrected chi connectivity index (χ0v) is 14.2. The number of rotatable bonds is 5. The Balaban J connectivity index is 2.33. The second-order valence-electron chi connectivity index (χ2n) is 5.35. The van der Waals surface area contributed by atoms with Gasteiger partial charge < -0.3 is 0 Å². The Kier molecular flexibility index (Phi) is 4.74. The van der Waals surface area contributed by atoms with Crippen molar-refractivity contribution in [2.75, 3.05) is 18.1 Å². The summed E-state index contributed by atoms with van der Waals surface area (Å²) < 4.78 is 49.8. The SMILES string of the molecule is CCN(C1CCS(=O)(=O)C1)S(=O)(=O)c1ccc(C(C)=O)cc1. The quantitative estimate of drug-likeness (QED) is 0.745. The third-order valence-electron chi connectivity index (χ3n) is 3.79. The minimum absolute atomic E-state index is 0.0208. The number of benzene rings is 1. The largest absolute Gasteiger partial charge is 0.295 e. The smallest absolute Gasteiger partial charge is 0.243 e. The summed E-state index contributed by atoms with van der Waals surface area (Å²) in [6.07, 6.45) is 0.320. The van der Waals surface area contributed by atoms with E-state index in [1.807, 2.05) is 0 Å². The lowest BCUT2D eigenvalue weighted by Gasteiger charge is -2.26. The van der Waals surface area contributed by atoms with Crippen molar-refractivity contribution in [2.45, 2.75) is 31.2 Å². The fraction of sp³-hybridized carbons (Fsp3) is 0.500. The van der Waals surface area contributed by atoms with Crippen LogP contribution in [0.2, 0.25) is 0 Å². The van der Waals surface area contributed by atoms with Gasteiger partial charge in [0.25, 0.3) is 0 Å². The topological polar surface area (TPSA) is 88.6 Å². The molecule has 0 aromatic heterocycles. The van der Waals surface area contributed by atoms with E-state index in [9.17, 15) is 21.6 Å². The fourth-order valence-corrected chi connectivity index (χ4v) is 6.11. The number of hydrogen-bond donors (Lipinski definition) is 0. The number of hydrogen-bond acceptors (Lipinski definition) is 5. The summed E-state index contributed by atoms with van der Waals surface area (Å²) in [6, 6.07) is 5.19. The zero-order chi connectivity index (χ0) is 16.5. The van der Waals surface area contributed by atoms with Crippen LogP contribution in [0.5, 0.6) is 0 Å². The Hall–Kier alpha value is -1.25. The minimum atomic E-state index is -3.77. The highest BCUT2D eigenvalue weighted by atomic mass is 32.2. The van der Waals surface area contributed by atoms with Gasteiger partial charge in [-0.1, -0.05) is 19.1 Å². The van der Waals surface area contributed by atoms with E-state index in [0.717, 1.165) is 0 Å². The van der Waals surface area contributed by atoms with Crippen molar-refractivity contribution in [3.8, 4) is 0 Å². The first-order valence-corrected chi connectivity index (χ1v) is 10.3. The van der Waals surface area contributed by atoms with E-state index >= 15 is 0 Å². The molecule has 1 saturated heterocycles. The fourth-order valence-electron chi connectivity index (χ4n) is 2.62. The van der Waals surface area contributed by atoms with Gasteiger partial charge >= 0.3 is 0 Å². The molecule has 1 aliphatic heterocycles. The van der Waals surface area contributed by atoms with Crippen LogP contribution in [-0.2, 0) is 19.9 Å². The lowest BCUT2D eigenvalue weighted by Crippen LogP contribution is -2.40. The van der Waals surface area contributed by atoms with Gasteiger partial charge in [0.1, 0.15) is 0 Å². The van der Waals surface area contributed by atoms with E-state index in [1.165, 1.54) is 35.5 Å². The van der Waals surface area contributed by atoms with Crippen LogP contribution in [0.4, 0.5) is 0 Å². The van der Waals surface area contributed by atoms with Gasteiger partial charge in [0, 0.05) is 18.2 Å². The second kappa shape index (κ2) is 6.10. The Labute approximate surface area is 131 Å². The molecule has 0 aliphatic carbocycles. The van der Waals surface area contributed by atoms with E-state index in [-0.39, 0.29) is 28.7 Å². The van der Waals surface area contributed by atoms with E-state index < -0.39 is 25.9 Å². The summed E-state index contributed by atoms with van der Waals surface area (Å²) in [5.41, 5.74) is 0.436. The first-order valence-electron chi connectivity index (χ1n) is 7.00. The number of ketones is 1. The van der Waals surface area contributed by atoms with Crippen LogP contribution in [-0.4, -0.2) is 51.0 Å². The van der Waals surface area contributed by atoms with Crippen molar-refractivity contribution in [2.24, 2.45) is 0 Å². The maximum atomic E-state index is 12.7. The first kappa shape index (κ1) is 17.1. The molecule has 1 atom stereocenters. The molecule has 0 radical (unpaired) electrons. The normalized spacial score (nSPS) is 21.1. The Morgan fingerprint density at radius 3 is 2.27 bits per heavy atom. The monoisotopic (exact) mass is 345 g/mol. The number of sulfone groups is 1.